The molecule has 0 atom stereocenters. The van der Waals surface area contributed by atoms with Crippen LogP contribution >= 0.6 is 0 Å². The van der Waals surface area contributed by atoms with E-state index < -0.39 is 29.2 Å². The highest BCUT2D eigenvalue weighted by atomic mass is 19.4. The Bertz CT molecular complexity index is 711. The third kappa shape index (κ3) is 2.81. The number of alkyl halides is 3. The molecule has 0 aliphatic rings. The van der Waals surface area contributed by atoms with Crippen molar-refractivity contribution in [3.8, 4) is 16.9 Å². The summed E-state index contributed by atoms with van der Waals surface area (Å²) in [6.07, 6.45) is -4.83. The fourth-order valence-corrected chi connectivity index (χ4v) is 1.87. The predicted molar refractivity (Wildman–Crippen MR) is 67.0 cm³/mol. The van der Waals surface area contributed by atoms with Crippen LogP contribution in [0.5, 0.6) is 5.75 Å². The standard InChI is InChI=1S/C14H9F4NO2/c15-12-8(2-1-3-10(12)14(16,17)18)7-4-5-11(20)9(6-7)13(19)21/h1-6,20H,(H2,19,21). The minimum atomic E-state index is -4.83. The monoisotopic (exact) mass is 299 g/mol. The number of phenols is 1. The van der Waals surface area contributed by atoms with Crippen molar-refractivity contribution >= 4 is 5.91 Å². The first-order valence-electron chi connectivity index (χ1n) is 5.70. The van der Waals surface area contributed by atoms with Gasteiger partial charge in [0.15, 0.2) is 0 Å². The van der Waals surface area contributed by atoms with Gasteiger partial charge >= 0.3 is 6.18 Å². The summed E-state index contributed by atoms with van der Waals surface area (Å²) in [6, 6.07) is 6.11. The van der Waals surface area contributed by atoms with E-state index in [9.17, 15) is 27.5 Å². The molecule has 110 valence electrons. The van der Waals surface area contributed by atoms with Crippen molar-refractivity contribution < 1.29 is 27.5 Å². The van der Waals surface area contributed by atoms with Crippen molar-refractivity contribution in [1.29, 1.82) is 0 Å². The second-order valence-electron chi connectivity index (χ2n) is 4.26. The lowest BCUT2D eigenvalue weighted by atomic mass is 9.99. The molecule has 0 bridgehead atoms. The van der Waals surface area contributed by atoms with Gasteiger partial charge in [0, 0.05) is 5.56 Å². The maximum absolute atomic E-state index is 14.0. The Morgan fingerprint density at radius 3 is 2.38 bits per heavy atom. The molecular weight excluding hydrogens is 290 g/mol. The highest BCUT2D eigenvalue weighted by Gasteiger charge is 2.35. The molecule has 7 heteroatoms. The Morgan fingerprint density at radius 1 is 1.14 bits per heavy atom. The van der Waals surface area contributed by atoms with Gasteiger partial charge in [0.1, 0.15) is 11.6 Å². The predicted octanol–water partition coefficient (Wildman–Crippen LogP) is 3.32. The topological polar surface area (TPSA) is 63.3 Å². The maximum atomic E-state index is 14.0. The zero-order chi connectivity index (χ0) is 15.8. The van der Waals surface area contributed by atoms with Gasteiger partial charge in [-0.05, 0) is 23.8 Å². The van der Waals surface area contributed by atoms with Crippen LogP contribution in [0.3, 0.4) is 0 Å². The first-order valence-corrected chi connectivity index (χ1v) is 5.70. The number of carbonyl (C=O) groups excluding carboxylic acids is 1. The van der Waals surface area contributed by atoms with Crippen molar-refractivity contribution in [3.63, 3.8) is 0 Å². The first kappa shape index (κ1) is 14.8. The summed E-state index contributed by atoms with van der Waals surface area (Å²) in [4.78, 5) is 11.1. The molecule has 3 nitrogen and oxygen atoms in total. The Kier molecular flexibility index (Phi) is 3.59. The summed E-state index contributed by atoms with van der Waals surface area (Å²) in [7, 11) is 0. The Labute approximate surface area is 116 Å². The van der Waals surface area contributed by atoms with E-state index in [1.807, 2.05) is 0 Å². The lowest BCUT2D eigenvalue weighted by Crippen LogP contribution is -2.11. The molecule has 0 aliphatic carbocycles. The van der Waals surface area contributed by atoms with Crippen LogP contribution in [0.4, 0.5) is 17.6 Å². The molecular formula is C14H9F4NO2. The molecule has 21 heavy (non-hydrogen) atoms. The van der Waals surface area contributed by atoms with E-state index in [4.69, 9.17) is 5.73 Å². The molecule has 0 saturated carbocycles. The van der Waals surface area contributed by atoms with Crippen molar-refractivity contribution in [3.05, 3.63) is 53.3 Å². The third-order valence-electron chi connectivity index (χ3n) is 2.88. The number of nitrogens with two attached hydrogens (primary N) is 1. The summed E-state index contributed by atoms with van der Waals surface area (Å²) in [5, 5.41) is 9.43. The van der Waals surface area contributed by atoms with E-state index in [1.54, 1.807) is 0 Å². The Hall–Kier alpha value is -2.57. The molecule has 1 amide bonds. The van der Waals surface area contributed by atoms with Crippen LogP contribution in [0.15, 0.2) is 36.4 Å². The van der Waals surface area contributed by atoms with Crippen LogP contribution in [0.2, 0.25) is 0 Å². The van der Waals surface area contributed by atoms with E-state index >= 15 is 0 Å². The van der Waals surface area contributed by atoms with Crippen molar-refractivity contribution in [2.45, 2.75) is 6.18 Å². The van der Waals surface area contributed by atoms with Crippen molar-refractivity contribution in [2.24, 2.45) is 5.73 Å². The number of benzene rings is 2. The quantitative estimate of drug-likeness (QED) is 0.836. The van der Waals surface area contributed by atoms with Gasteiger partial charge in [-0.25, -0.2) is 4.39 Å². The molecule has 0 unspecified atom stereocenters. The number of rotatable bonds is 2. The van der Waals surface area contributed by atoms with Crippen LogP contribution < -0.4 is 5.73 Å². The van der Waals surface area contributed by atoms with E-state index in [0.717, 1.165) is 24.3 Å². The Balaban J connectivity index is 2.63. The minimum Gasteiger partial charge on any atom is -0.507 e. The first-order chi connectivity index (χ1) is 9.71. The van der Waals surface area contributed by atoms with Crippen molar-refractivity contribution in [1.82, 2.24) is 0 Å². The molecule has 2 aromatic carbocycles. The minimum absolute atomic E-state index is 0.00481. The molecule has 3 N–H and O–H groups in total. The van der Waals surface area contributed by atoms with Crippen LogP contribution in [0.25, 0.3) is 11.1 Å². The number of halogens is 4. The van der Waals surface area contributed by atoms with Gasteiger partial charge in [0.25, 0.3) is 5.91 Å². The summed E-state index contributed by atoms with van der Waals surface area (Å²) in [5.74, 6) is -2.86. The molecule has 0 radical (unpaired) electrons. The van der Waals surface area contributed by atoms with E-state index in [2.05, 4.69) is 0 Å². The van der Waals surface area contributed by atoms with Gasteiger partial charge in [-0.15, -0.1) is 0 Å². The van der Waals surface area contributed by atoms with Crippen LogP contribution in [0, 0.1) is 5.82 Å². The summed E-state index contributed by atoms with van der Waals surface area (Å²) in [5.41, 5.74) is 2.98. The van der Waals surface area contributed by atoms with E-state index in [-0.39, 0.29) is 16.7 Å². The van der Waals surface area contributed by atoms with Gasteiger partial charge in [0.2, 0.25) is 0 Å². The number of hydrogen-bond acceptors (Lipinski definition) is 2. The number of primary amides is 1. The van der Waals surface area contributed by atoms with Gasteiger partial charge in [-0.2, -0.15) is 13.2 Å². The molecule has 2 rings (SSSR count). The second-order valence-corrected chi connectivity index (χ2v) is 4.26. The van der Waals surface area contributed by atoms with Crippen LogP contribution in [-0.4, -0.2) is 11.0 Å². The smallest absolute Gasteiger partial charge is 0.419 e. The molecule has 0 fully saturated rings. The summed E-state index contributed by atoms with van der Waals surface area (Å²) >= 11 is 0. The normalized spacial score (nSPS) is 11.4. The zero-order valence-corrected chi connectivity index (χ0v) is 10.4. The van der Waals surface area contributed by atoms with Gasteiger partial charge in [0.05, 0.1) is 11.1 Å². The second kappa shape index (κ2) is 5.08. The molecule has 0 saturated heterocycles. The van der Waals surface area contributed by atoms with Crippen molar-refractivity contribution in [2.75, 3.05) is 0 Å². The highest BCUT2D eigenvalue weighted by Crippen LogP contribution is 2.36. The van der Waals surface area contributed by atoms with Gasteiger partial charge in [-0.3, -0.25) is 4.79 Å². The molecule has 0 heterocycles. The number of hydrogen-bond donors (Lipinski definition) is 2. The number of carbonyl (C=O) groups is 1. The molecule has 0 spiro atoms. The highest BCUT2D eigenvalue weighted by molar-refractivity contribution is 5.96. The third-order valence-corrected chi connectivity index (χ3v) is 2.88. The lowest BCUT2D eigenvalue weighted by molar-refractivity contribution is -0.139. The fraction of sp³-hybridized carbons (Fsp3) is 0.0714. The van der Waals surface area contributed by atoms with Crippen LogP contribution in [0.1, 0.15) is 15.9 Å². The summed E-state index contributed by atoms with van der Waals surface area (Å²) < 4.78 is 52.0. The SMILES string of the molecule is NC(=O)c1cc(-c2cccc(C(F)(F)F)c2F)ccc1O. The maximum Gasteiger partial charge on any atom is 0.419 e. The molecule has 2 aromatic rings. The summed E-state index contributed by atoms with van der Waals surface area (Å²) in [6.45, 7) is 0. The number of amides is 1. The Morgan fingerprint density at radius 2 is 1.81 bits per heavy atom. The number of aromatic hydroxyl groups is 1. The van der Waals surface area contributed by atoms with E-state index in [1.165, 1.54) is 6.07 Å². The van der Waals surface area contributed by atoms with Gasteiger partial charge in [-0.1, -0.05) is 18.2 Å². The van der Waals surface area contributed by atoms with Gasteiger partial charge < -0.3 is 10.8 Å². The largest absolute Gasteiger partial charge is 0.507 e. The van der Waals surface area contributed by atoms with Crippen LogP contribution in [-0.2, 0) is 6.18 Å². The molecule has 0 aromatic heterocycles. The average Bonchev–Trinajstić information content (AvgIpc) is 2.38. The average molecular weight is 299 g/mol. The fourth-order valence-electron chi connectivity index (χ4n) is 1.87. The molecule has 0 aliphatic heterocycles. The lowest BCUT2D eigenvalue weighted by Gasteiger charge is -2.12. The van der Waals surface area contributed by atoms with E-state index in [0.29, 0.717) is 6.07 Å². The zero-order valence-electron chi connectivity index (χ0n) is 10.4.